The Labute approximate surface area is 219 Å². The van der Waals surface area contributed by atoms with E-state index < -0.39 is 4.17 Å². The van der Waals surface area contributed by atoms with E-state index in [0.717, 1.165) is 0 Å². The smallest absolute Gasteiger partial charge is 1.00 e. The second-order valence-electron chi connectivity index (χ2n) is 0.854. The average molecular weight is 1040 g/mol. The first-order chi connectivity index (χ1) is 3.73. The van der Waals surface area contributed by atoms with Gasteiger partial charge < -0.3 is 0 Å². The molecule has 11 heavy (non-hydrogen) atoms. The summed E-state index contributed by atoms with van der Waals surface area (Å²) in [5, 5.41) is 0. The molecule has 10 heteroatoms. The quantitative estimate of drug-likeness (QED) is 0.183. The number of rotatable bonds is 0. The van der Waals surface area contributed by atoms with Gasteiger partial charge in [0.1, 0.15) is 2.65 Å². The Morgan fingerprint density at radius 1 is 0.818 bits per heavy atom. The van der Waals surface area contributed by atoms with Crippen LogP contribution in [0.2, 0.25) is 0 Å². The molecule has 0 unspecified atom stereocenters. The molecule has 0 radical (unpaired) electrons. The van der Waals surface area contributed by atoms with Crippen LogP contribution in [0.5, 0.6) is 0 Å². The van der Waals surface area contributed by atoms with Crippen molar-refractivity contribution in [1.29, 1.82) is 0 Å². The molecule has 0 aromatic heterocycles. The number of hydrogen-bond donors (Lipinski definition) is 0. The summed E-state index contributed by atoms with van der Waals surface area (Å²) in [6.45, 7) is 0. The van der Waals surface area contributed by atoms with E-state index in [0.29, 0.717) is 0 Å². The van der Waals surface area contributed by atoms with E-state index in [9.17, 15) is 0 Å². The molecule has 0 aromatic rings. The second kappa shape index (κ2) is 18.6. The Morgan fingerprint density at radius 2 is 0.818 bits per heavy atom. The molecule has 0 aromatic carbocycles. The molecule has 0 saturated heterocycles. The normalized spacial score (nSPS) is 8.73. The van der Waals surface area contributed by atoms with Crippen molar-refractivity contribution in [2.24, 2.45) is 0 Å². The minimum Gasteiger partial charge on any atom is 1.00 e. The molecule has 0 N–H and O–H groups in total. The van der Waals surface area contributed by atoms with E-state index in [1.807, 2.05) is 0 Å². The van der Waals surface area contributed by atoms with Crippen LogP contribution < -0.4 is 103 Å². The first-order valence-corrected chi connectivity index (χ1v) is 66.3. The molecule has 0 amide bonds. The summed E-state index contributed by atoms with van der Waals surface area (Å²) in [7, 11) is 0. The van der Waals surface area contributed by atoms with Crippen LogP contribution in [0.15, 0.2) is 0 Å². The van der Waals surface area contributed by atoms with Crippen LogP contribution in [0.1, 0.15) is 0 Å². The second-order valence-corrected chi connectivity index (χ2v) is 246. The van der Waals surface area contributed by atoms with Crippen LogP contribution in [0.25, 0.3) is 0 Å². The molecule has 0 heterocycles. The zero-order chi connectivity index (χ0) is 8.08. The maximum absolute atomic E-state index is 3.10. The van der Waals surface area contributed by atoms with E-state index in [1.54, 1.807) is 0 Å². The molecule has 0 rings (SSSR count). The van der Waals surface area contributed by atoms with Crippen molar-refractivity contribution >= 4 is 118 Å². The molecule has 0 bridgehead atoms. The van der Waals surface area contributed by atoms with Crippen molar-refractivity contribution in [3.63, 3.8) is 0 Å². The Bertz CT molecular complexity index is 60.1. The zero-order valence-corrected chi connectivity index (χ0v) is 31.1. The van der Waals surface area contributed by atoms with Gasteiger partial charge in [-0.15, -0.1) is 0 Å². The van der Waals surface area contributed by atoms with Crippen LogP contribution in [0.4, 0.5) is 0 Å². The zero-order valence-electron chi connectivity index (χ0n) is 5.93. The maximum Gasteiger partial charge on any atom is 1.00 e. The molecule has 0 atom stereocenters. The first kappa shape index (κ1) is 27.8. The van der Waals surface area contributed by atoms with Gasteiger partial charge >= 0.3 is 178 Å². The molecular formula is CHBr3HgI4K2. The standard InChI is InChI=1S/CHBr3.Hg.4HI.2K/c2-1(3)4;;;;;;;/h1H;;4*1H;;/q;+2;;;;;2*+1/p-4. The van der Waals surface area contributed by atoms with Gasteiger partial charge in [0.05, 0.1) is 0 Å². The Kier molecular flexibility index (Phi) is 47.0. The SMILES string of the molecule is BrC(Br)Br.[I][Hg-2]([I])([I])[I].[K+].[K+]. The summed E-state index contributed by atoms with van der Waals surface area (Å²) in [4.78, 5) is 0. The summed E-state index contributed by atoms with van der Waals surface area (Å²) in [6.07, 6.45) is 0. The van der Waals surface area contributed by atoms with Gasteiger partial charge in [0.25, 0.3) is 0 Å². The third kappa shape index (κ3) is 69.4. The van der Waals surface area contributed by atoms with Crippen LogP contribution in [0, 0.1) is 0 Å². The van der Waals surface area contributed by atoms with E-state index in [4.69, 9.17) is 0 Å². The monoisotopic (exact) mass is 1040 g/mol. The molecule has 0 spiro atoms. The van der Waals surface area contributed by atoms with E-state index in [2.05, 4.69) is 118 Å². The van der Waals surface area contributed by atoms with E-state index >= 15 is 0 Å². The fourth-order valence-electron chi connectivity index (χ4n) is 0. The summed E-state index contributed by atoms with van der Waals surface area (Å²) in [5.41, 5.74) is 0. The fourth-order valence-corrected chi connectivity index (χ4v) is 0. The van der Waals surface area contributed by atoms with Gasteiger partial charge in [0.15, 0.2) is 0 Å². The molecule has 0 saturated carbocycles. The summed E-state index contributed by atoms with van der Waals surface area (Å²) < 4.78 is -1.24. The van der Waals surface area contributed by atoms with Gasteiger partial charge in [-0.2, -0.15) is 0 Å². The first-order valence-electron chi connectivity index (χ1n) is 1.72. The number of halogens is 7. The predicted molar refractivity (Wildman–Crippen MR) is 86.6 cm³/mol. The summed E-state index contributed by atoms with van der Waals surface area (Å²) in [5.74, 6) is 0. The van der Waals surface area contributed by atoms with Gasteiger partial charge in [-0.3, -0.25) is 0 Å². The topological polar surface area (TPSA) is 0 Å². The molecule has 0 nitrogen and oxygen atoms in total. The van der Waals surface area contributed by atoms with Crippen molar-refractivity contribution in [2.75, 3.05) is 0 Å². The van der Waals surface area contributed by atoms with Crippen molar-refractivity contribution < 1.29 is 107 Å². The minimum absolute atomic E-state index is 0. The van der Waals surface area contributed by atoms with E-state index in [-0.39, 0.29) is 105 Å². The van der Waals surface area contributed by atoms with Crippen molar-refractivity contribution in [2.45, 2.75) is 2.65 Å². The molecule has 0 aliphatic carbocycles. The van der Waals surface area contributed by atoms with Crippen LogP contribution in [0.3, 0.4) is 0 Å². The molecule has 58 valence electrons. The maximum atomic E-state index is 3.10. The Hall–Kier alpha value is 8.57. The third-order valence-electron chi connectivity index (χ3n) is 0. The van der Waals surface area contributed by atoms with E-state index in [1.165, 1.54) is 0 Å². The Balaban J connectivity index is -0.0000000383. The van der Waals surface area contributed by atoms with Crippen LogP contribution in [-0.4, -0.2) is 2.65 Å². The molecule has 0 aliphatic rings. The molecule has 0 aliphatic heterocycles. The fraction of sp³-hybridized carbons (Fsp3) is 1.00. The largest absolute Gasteiger partial charge is 1.00 e. The predicted octanol–water partition coefficient (Wildman–Crippen LogP) is 0.00300. The van der Waals surface area contributed by atoms with Gasteiger partial charge in [-0.1, -0.05) is 47.8 Å². The van der Waals surface area contributed by atoms with Gasteiger partial charge in [-0.25, -0.2) is 0 Å². The minimum atomic E-state index is -1.51. The number of alkyl halides is 3. The molecule has 0 fully saturated rings. The number of hydrogen-bond acceptors (Lipinski definition) is 0. The van der Waals surface area contributed by atoms with Crippen molar-refractivity contribution in [1.82, 2.24) is 0 Å². The summed E-state index contributed by atoms with van der Waals surface area (Å²) >= 11 is 19.6. The van der Waals surface area contributed by atoms with Crippen molar-refractivity contribution in [3.05, 3.63) is 0 Å². The average Bonchev–Trinajstić information content (AvgIpc) is 1.19. The van der Waals surface area contributed by atoms with Crippen LogP contribution in [-0.2, 0) is 4.17 Å². The van der Waals surface area contributed by atoms with Gasteiger partial charge in [0, 0.05) is 0 Å². The van der Waals surface area contributed by atoms with Gasteiger partial charge in [0.2, 0.25) is 0 Å². The third-order valence-corrected chi connectivity index (χ3v) is 0. The summed E-state index contributed by atoms with van der Waals surface area (Å²) in [6, 6.07) is 0. The van der Waals surface area contributed by atoms with Crippen LogP contribution >= 0.6 is 118 Å². The van der Waals surface area contributed by atoms with Crippen molar-refractivity contribution in [3.8, 4) is 0 Å². The van der Waals surface area contributed by atoms with Gasteiger partial charge in [-0.05, 0) is 0 Å². The molecular weight excluding hydrogens is 1040 g/mol. The Morgan fingerprint density at radius 3 is 0.818 bits per heavy atom.